The van der Waals surface area contributed by atoms with Gasteiger partial charge in [-0.3, -0.25) is 9.71 Å². The number of aromatic carboxylic acids is 1. The average molecular weight is 517 g/mol. The number of pyridine rings is 1. The Hall–Kier alpha value is -3.02. The van der Waals surface area contributed by atoms with Gasteiger partial charge >= 0.3 is 5.97 Å². The maximum atomic E-state index is 13.1. The number of thiazole rings is 1. The third-order valence-electron chi connectivity index (χ3n) is 6.10. The molecule has 1 aromatic carbocycles. The van der Waals surface area contributed by atoms with E-state index < -0.39 is 16.0 Å². The molecule has 0 bridgehead atoms. The fourth-order valence-electron chi connectivity index (χ4n) is 4.05. The summed E-state index contributed by atoms with van der Waals surface area (Å²) < 4.78 is 34.2. The molecule has 3 heterocycles. The summed E-state index contributed by atoms with van der Waals surface area (Å²) in [5.74, 6) is -0.562. The summed E-state index contributed by atoms with van der Waals surface area (Å²) in [7, 11) is -3.95. The Morgan fingerprint density at radius 3 is 2.51 bits per heavy atom. The maximum absolute atomic E-state index is 13.1. The van der Waals surface area contributed by atoms with Gasteiger partial charge in [0, 0.05) is 36.7 Å². The van der Waals surface area contributed by atoms with E-state index >= 15 is 0 Å². The van der Waals surface area contributed by atoms with Gasteiger partial charge in [0.15, 0.2) is 5.13 Å². The van der Waals surface area contributed by atoms with Crippen LogP contribution >= 0.6 is 11.3 Å². The highest BCUT2D eigenvalue weighted by Crippen LogP contribution is 2.35. The smallest absolute Gasteiger partial charge is 0.335 e. The molecule has 1 aliphatic rings. The van der Waals surface area contributed by atoms with Gasteiger partial charge in [-0.2, -0.15) is 0 Å². The molecule has 0 radical (unpaired) electrons. The van der Waals surface area contributed by atoms with E-state index in [1.807, 2.05) is 6.92 Å². The second-order valence-corrected chi connectivity index (χ2v) is 11.3. The van der Waals surface area contributed by atoms with Crippen LogP contribution in [0.2, 0.25) is 0 Å². The van der Waals surface area contributed by atoms with Crippen LogP contribution in [0, 0.1) is 19.8 Å². The summed E-state index contributed by atoms with van der Waals surface area (Å²) in [5, 5.41) is 13.3. The second kappa shape index (κ2) is 10.3. The number of carboxylic acids is 1. The number of aryl methyl sites for hydroxylation is 2. The molecule has 2 aromatic heterocycles. The van der Waals surface area contributed by atoms with Gasteiger partial charge in [-0.05, 0) is 69.9 Å². The average Bonchev–Trinajstić information content (AvgIpc) is 3.19. The molecule has 1 fully saturated rings. The monoisotopic (exact) mass is 516 g/mol. The quantitative estimate of drug-likeness (QED) is 0.398. The van der Waals surface area contributed by atoms with E-state index in [1.54, 1.807) is 19.2 Å². The van der Waals surface area contributed by atoms with Crippen molar-refractivity contribution in [1.82, 2.24) is 9.97 Å². The zero-order valence-corrected chi connectivity index (χ0v) is 21.4. The van der Waals surface area contributed by atoms with Crippen LogP contribution in [0.25, 0.3) is 10.4 Å². The molecule has 1 atom stereocenters. The van der Waals surface area contributed by atoms with Crippen molar-refractivity contribution in [3.8, 4) is 10.4 Å². The number of ether oxygens (including phenoxy) is 1. The Morgan fingerprint density at radius 1 is 1.17 bits per heavy atom. The lowest BCUT2D eigenvalue weighted by atomic mass is 9.93. The summed E-state index contributed by atoms with van der Waals surface area (Å²) in [4.78, 5) is 20.9. The normalized spacial score (nSPS) is 15.5. The molecule has 0 saturated carbocycles. The molecule has 1 saturated heterocycles. The first-order chi connectivity index (χ1) is 16.6. The topological polar surface area (TPSA) is 131 Å². The van der Waals surface area contributed by atoms with Gasteiger partial charge in [-0.15, -0.1) is 0 Å². The van der Waals surface area contributed by atoms with Crippen molar-refractivity contribution >= 4 is 38.1 Å². The molecule has 186 valence electrons. The first kappa shape index (κ1) is 25.1. The minimum absolute atomic E-state index is 0.0511. The number of hydrogen-bond donors (Lipinski definition) is 3. The summed E-state index contributed by atoms with van der Waals surface area (Å²) in [6.45, 7) is 7.24. The van der Waals surface area contributed by atoms with Gasteiger partial charge in [0.1, 0.15) is 4.90 Å². The fraction of sp³-hybridized carbons (Fsp3) is 0.375. The molecule has 9 nitrogen and oxygen atoms in total. The van der Waals surface area contributed by atoms with E-state index in [1.165, 1.54) is 35.6 Å². The largest absolute Gasteiger partial charge is 0.478 e. The van der Waals surface area contributed by atoms with Crippen molar-refractivity contribution in [2.24, 2.45) is 5.92 Å². The van der Waals surface area contributed by atoms with Crippen LogP contribution in [0.1, 0.15) is 41.5 Å². The third kappa shape index (κ3) is 5.80. The number of rotatable bonds is 8. The summed E-state index contributed by atoms with van der Waals surface area (Å²) in [5.41, 5.74) is 2.16. The molecular formula is C24H28N4O5S2. The van der Waals surface area contributed by atoms with Crippen LogP contribution in [0.3, 0.4) is 0 Å². The van der Waals surface area contributed by atoms with Gasteiger partial charge in [0.05, 0.1) is 21.8 Å². The zero-order chi connectivity index (χ0) is 25.2. The number of nitrogens with one attached hydrogen (secondary N) is 2. The van der Waals surface area contributed by atoms with Crippen LogP contribution in [0.4, 0.5) is 10.8 Å². The van der Waals surface area contributed by atoms with Crippen molar-refractivity contribution in [2.45, 2.75) is 44.6 Å². The molecule has 3 aromatic rings. The second-order valence-electron chi connectivity index (χ2n) is 8.61. The number of anilines is 2. The highest BCUT2D eigenvalue weighted by molar-refractivity contribution is 7.92. The van der Waals surface area contributed by atoms with Crippen LogP contribution in [0.15, 0.2) is 41.4 Å². The summed E-state index contributed by atoms with van der Waals surface area (Å²) >= 11 is 1.47. The third-order valence-corrected chi connectivity index (χ3v) is 8.73. The molecule has 1 unspecified atom stereocenters. The van der Waals surface area contributed by atoms with Gasteiger partial charge in [-0.1, -0.05) is 11.3 Å². The predicted molar refractivity (Wildman–Crippen MR) is 136 cm³/mol. The Balaban J connectivity index is 1.56. The molecule has 4 rings (SSSR count). The molecule has 0 amide bonds. The first-order valence-corrected chi connectivity index (χ1v) is 13.6. The Bertz CT molecular complexity index is 1320. The van der Waals surface area contributed by atoms with Crippen molar-refractivity contribution in [2.75, 3.05) is 23.3 Å². The van der Waals surface area contributed by atoms with E-state index in [0.29, 0.717) is 17.2 Å². The van der Waals surface area contributed by atoms with E-state index in [0.717, 1.165) is 41.8 Å². The number of carbonyl (C=O) groups is 1. The van der Waals surface area contributed by atoms with Crippen molar-refractivity contribution in [1.29, 1.82) is 0 Å². The Kier molecular flexibility index (Phi) is 7.39. The minimum Gasteiger partial charge on any atom is -0.478 e. The lowest BCUT2D eigenvalue weighted by molar-refractivity contribution is 0.0622. The van der Waals surface area contributed by atoms with Crippen molar-refractivity contribution in [3.63, 3.8) is 0 Å². The molecular weight excluding hydrogens is 488 g/mol. The van der Waals surface area contributed by atoms with Gasteiger partial charge in [-0.25, -0.2) is 18.2 Å². The highest BCUT2D eigenvalue weighted by atomic mass is 32.2. The Morgan fingerprint density at radius 2 is 1.86 bits per heavy atom. The summed E-state index contributed by atoms with van der Waals surface area (Å²) in [6, 6.07) is 7.37. The molecule has 35 heavy (non-hydrogen) atoms. The van der Waals surface area contributed by atoms with Gasteiger partial charge in [0.25, 0.3) is 10.0 Å². The number of aromatic nitrogens is 2. The number of carboxylic acid groups (broad SMARTS) is 1. The number of nitrogens with zero attached hydrogens (tertiary/aromatic N) is 2. The van der Waals surface area contributed by atoms with Crippen molar-refractivity contribution < 1.29 is 23.1 Å². The van der Waals surface area contributed by atoms with E-state index in [-0.39, 0.29) is 22.2 Å². The fourth-order valence-corrected chi connectivity index (χ4v) is 6.38. The SMILES string of the molecule is Cc1ncc(-c2sc(NC(C)C3CCOCC3)nc2C)cc1S(=O)(=O)Nc1ccc(C(=O)O)cc1. The van der Waals surface area contributed by atoms with Crippen molar-refractivity contribution in [3.05, 3.63) is 53.5 Å². The van der Waals surface area contributed by atoms with E-state index in [4.69, 9.17) is 9.84 Å². The molecule has 11 heteroatoms. The summed E-state index contributed by atoms with van der Waals surface area (Å²) in [6.07, 6.45) is 3.68. The molecule has 3 N–H and O–H groups in total. The van der Waals surface area contributed by atoms with E-state index in [2.05, 4.69) is 26.9 Å². The number of benzene rings is 1. The Labute approximate surface area is 208 Å². The lowest BCUT2D eigenvalue weighted by Crippen LogP contribution is -2.30. The predicted octanol–water partition coefficient (Wildman–Crippen LogP) is 4.55. The number of sulfonamides is 1. The van der Waals surface area contributed by atoms with Crippen LogP contribution in [-0.2, 0) is 14.8 Å². The van der Waals surface area contributed by atoms with E-state index in [9.17, 15) is 13.2 Å². The van der Waals surface area contributed by atoms with Crippen LogP contribution < -0.4 is 10.0 Å². The lowest BCUT2D eigenvalue weighted by Gasteiger charge is -2.28. The number of hydrogen-bond acceptors (Lipinski definition) is 8. The molecule has 1 aliphatic heterocycles. The first-order valence-electron chi connectivity index (χ1n) is 11.3. The minimum atomic E-state index is -3.95. The standard InChI is InChI=1S/C24H28N4O5S2/c1-14(17-8-10-33-11-9-17)26-24-27-16(3)22(34-24)19-12-21(15(2)25-13-19)35(31,32)28-20-6-4-18(5-7-20)23(29)30/h4-7,12-14,17,28H,8-11H2,1-3H3,(H,26,27)(H,29,30). The maximum Gasteiger partial charge on any atom is 0.335 e. The molecule has 0 aliphatic carbocycles. The molecule has 0 spiro atoms. The van der Waals surface area contributed by atoms with Gasteiger partial charge in [0.2, 0.25) is 0 Å². The van der Waals surface area contributed by atoms with Crippen LogP contribution in [-0.4, -0.2) is 48.7 Å². The highest BCUT2D eigenvalue weighted by Gasteiger charge is 2.23. The van der Waals surface area contributed by atoms with Crippen LogP contribution in [0.5, 0.6) is 0 Å². The van der Waals surface area contributed by atoms with Gasteiger partial charge < -0.3 is 15.2 Å². The zero-order valence-electron chi connectivity index (χ0n) is 19.7.